The summed E-state index contributed by atoms with van der Waals surface area (Å²) < 4.78 is 5.36. The molecule has 3 N–H and O–H groups in total. The Balaban J connectivity index is 2.81. The molecule has 0 atom stereocenters. The van der Waals surface area contributed by atoms with Crippen molar-refractivity contribution in [1.29, 1.82) is 0 Å². The third kappa shape index (κ3) is 5.09. The van der Waals surface area contributed by atoms with Crippen molar-refractivity contribution in [2.45, 2.75) is 33.2 Å². The first-order chi connectivity index (χ1) is 9.58. The number of ether oxygens (including phenoxy) is 1. The summed E-state index contributed by atoms with van der Waals surface area (Å²) in [6.45, 7) is 5.91. The maximum Gasteiger partial charge on any atom is 0.231 e. The van der Waals surface area contributed by atoms with Crippen LogP contribution in [0.5, 0.6) is 11.5 Å². The zero-order valence-electron chi connectivity index (χ0n) is 12.3. The number of aromatic hydroxyl groups is 1. The first kappa shape index (κ1) is 16.3. The van der Waals surface area contributed by atoms with E-state index in [1.54, 1.807) is 6.07 Å². The van der Waals surface area contributed by atoms with Crippen LogP contribution in [0.3, 0.4) is 0 Å². The summed E-state index contributed by atoms with van der Waals surface area (Å²) in [7, 11) is 0. The van der Waals surface area contributed by atoms with Gasteiger partial charge in [0.1, 0.15) is 0 Å². The Hall–Kier alpha value is -1.75. The molecule has 20 heavy (non-hydrogen) atoms. The molecule has 5 heteroatoms. The number of phenols is 1. The lowest BCUT2D eigenvalue weighted by atomic mass is 10.1. The summed E-state index contributed by atoms with van der Waals surface area (Å²) >= 11 is 0. The molecular formula is C15H24N2O3. The molecule has 0 aliphatic heterocycles. The molecule has 112 valence electrons. The molecule has 0 aromatic heterocycles. The van der Waals surface area contributed by atoms with Gasteiger partial charge in [-0.15, -0.1) is 0 Å². The molecule has 0 aliphatic carbocycles. The van der Waals surface area contributed by atoms with Crippen molar-refractivity contribution >= 4 is 5.91 Å². The maximum absolute atomic E-state index is 11.1. The van der Waals surface area contributed by atoms with Crippen LogP contribution in [0.2, 0.25) is 0 Å². The van der Waals surface area contributed by atoms with Gasteiger partial charge in [0.05, 0.1) is 13.2 Å². The van der Waals surface area contributed by atoms with Crippen molar-refractivity contribution in [3.05, 3.63) is 23.8 Å². The molecule has 1 amide bonds. The normalized spacial score (nSPS) is 10.8. The number of unbranched alkanes of at least 4 members (excludes halogenated alkanes) is 1. The van der Waals surface area contributed by atoms with E-state index in [0.717, 1.165) is 24.9 Å². The van der Waals surface area contributed by atoms with Crippen molar-refractivity contribution in [1.82, 2.24) is 4.90 Å². The highest BCUT2D eigenvalue weighted by Crippen LogP contribution is 2.30. The van der Waals surface area contributed by atoms with Crippen LogP contribution < -0.4 is 10.5 Å². The molecule has 1 rings (SSSR count). The highest BCUT2D eigenvalue weighted by Gasteiger charge is 2.13. The number of benzene rings is 1. The molecule has 1 aromatic carbocycles. The van der Waals surface area contributed by atoms with Crippen molar-refractivity contribution in [2.24, 2.45) is 5.73 Å². The number of carbonyl (C=O) groups excluding carboxylic acids is 1. The molecule has 0 heterocycles. The van der Waals surface area contributed by atoms with Gasteiger partial charge in [0, 0.05) is 12.1 Å². The molecular weight excluding hydrogens is 256 g/mol. The number of para-hydroxylation sites is 1. The van der Waals surface area contributed by atoms with E-state index < -0.39 is 0 Å². The number of nitrogens with two attached hydrogens (primary N) is 1. The number of phenolic OH excluding ortho intramolecular Hbond substituents is 1. The predicted octanol–water partition coefficient (Wildman–Crippen LogP) is 1.88. The fourth-order valence-electron chi connectivity index (χ4n) is 2.02. The molecule has 0 unspecified atom stereocenters. The van der Waals surface area contributed by atoms with E-state index in [1.165, 1.54) is 0 Å². The lowest BCUT2D eigenvalue weighted by molar-refractivity contribution is -0.119. The second-order valence-electron chi connectivity index (χ2n) is 4.73. The molecule has 0 fully saturated rings. The summed E-state index contributed by atoms with van der Waals surface area (Å²) in [5.74, 6) is 0.251. The number of hydrogen-bond donors (Lipinski definition) is 2. The second kappa shape index (κ2) is 8.43. The lowest BCUT2D eigenvalue weighted by Gasteiger charge is -2.21. The Morgan fingerprint density at radius 3 is 2.75 bits per heavy atom. The highest BCUT2D eigenvalue weighted by atomic mass is 16.5. The van der Waals surface area contributed by atoms with Gasteiger partial charge in [-0.05, 0) is 26.0 Å². The van der Waals surface area contributed by atoms with Crippen LogP contribution in [0, 0.1) is 0 Å². The Morgan fingerprint density at radius 2 is 2.15 bits per heavy atom. The van der Waals surface area contributed by atoms with Gasteiger partial charge in [-0.2, -0.15) is 0 Å². The lowest BCUT2D eigenvalue weighted by Crippen LogP contribution is -2.34. The first-order valence-corrected chi connectivity index (χ1v) is 7.02. The van der Waals surface area contributed by atoms with Gasteiger partial charge >= 0.3 is 0 Å². The maximum atomic E-state index is 11.1. The van der Waals surface area contributed by atoms with Crippen LogP contribution in [0.25, 0.3) is 0 Å². The topological polar surface area (TPSA) is 75.8 Å². The van der Waals surface area contributed by atoms with Gasteiger partial charge in [-0.25, -0.2) is 0 Å². The standard InChI is InChI=1S/C15H24N2O3/c1-3-5-9-17(11-14(16)18)10-12-7-6-8-13(15(12)19)20-4-2/h6-8,19H,3-5,9-11H2,1-2H3,(H2,16,18). The van der Waals surface area contributed by atoms with Gasteiger partial charge in [0.25, 0.3) is 0 Å². The third-order valence-corrected chi connectivity index (χ3v) is 2.98. The molecule has 0 saturated carbocycles. The predicted molar refractivity (Wildman–Crippen MR) is 78.7 cm³/mol. The molecule has 5 nitrogen and oxygen atoms in total. The first-order valence-electron chi connectivity index (χ1n) is 7.02. The summed E-state index contributed by atoms with van der Waals surface area (Å²) in [4.78, 5) is 13.1. The molecule has 0 bridgehead atoms. The van der Waals surface area contributed by atoms with Crippen LogP contribution in [0.1, 0.15) is 32.3 Å². The minimum absolute atomic E-state index is 0.139. The number of rotatable bonds is 9. The average Bonchev–Trinajstić information content (AvgIpc) is 2.40. The molecule has 0 radical (unpaired) electrons. The minimum Gasteiger partial charge on any atom is -0.504 e. The average molecular weight is 280 g/mol. The zero-order chi connectivity index (χ0) is 15.0. The smallest absolute Gasteiger partial charge is 0.231 e. The second-order valence-corrected chi connectivity index (χ2v) is 4.73. The third-order valence-electron chi connectivity index (χ3n) is 2.98. The van der Waals surface area contributed by atoms with Crippen LogP contribution in [-0.4, -0.2) is 35.6 Å². The minimum atomic E-state index is -0.360. The Morgan fingerprint density at radius 1 is 1.40 bits per heavy atom. The molecule has 0 aliphatic rings. The van der Waals surface area contributed by atoms with Crippen molar-refractivity contribution in [2.75, 3.05) is 19.7 Å². The van der Waals surface area contributed by atoms with Crippen LogP contribution >= 0.6 is 0 Å². The van der Waals surface area contributed by atoms with Crippen LogP contribution in [0.15, 0.2) is 18.2 Å². The quantitative estimate of drug-likeness (QED) is 0.724. The highest BCUT2D eigenvalue weighted by molar-refractivity contribution is 5.75. The SMILES string of the molecule is CCCCN(CC(N)=O)Cc1cccc(OCC)c1O. The molecule has 0 spiro atoms. The number of carbonyl (C=O) groups is 1. The van der Waals surface area contributed by atoms with Crippen molar-refractivity contribution in [3.63, 3.8) is 0 Å². The molecule has 1 aromatic rings. The molecule has 0 saturated heterocycles. The summed E-state index contributed by atoms with van der Waals surface area (Å²) in [5, 5.41) is 10.2. The van der Waals surface area contributed by atoms with E-state index in [2.05, 4.69) is 6.92 Å². The van der Waals surface area contributed by atoms with E-state index in [9.17, 15) is 9.90 Å². The fourth-order valence-corrected chi connectivity index (χ4v) is 2.02. The van der Waals surface area contributed by atoms with Gasteiger partial charge in [0.2, 0.25) is 5.91 Å². The van der Waals surface area contributed by atoms with E-state index in [1.807, 2.05) is 24.0 Å². The van der Waals surface area contributed by atoms with Crippen LogP contribution in [0.4, 0.5) is 0 Å². The summed E-state index contributed by atoms with van der Waals surface area (Å²) in [6, 6.07) is 5.40. The number of primary amides is 1. The van der Waals surface area contributed by atoms with Crippen molar-refractivity contribution in [3.8, 4) is 11.5 Å². The largest absolute Gasteiger partial charge is 0.504 e. The summed E-state index contributed by atoms with van der Waals surface area (Å²) in [5.41, 5.74) is 6.01. The number of nitrogens with zero attached hydrogens (tertiary/aromatic N) is 1. The fraction of sp³-hybridized carbons (Fsp3) is 0.533. The summed E-state index contributed by atoms with van der Waals surface area (Å²) in [6.07, 6.45) is 2.03. The van der Waals surface area contributed by atoms with Gasteiger partial charge < -0.3 is 15.6 Å². The number of amides is 1. The Labute approximate surface area is 120 Å². The Kier molecular flexibility index (Phi) is 6.87. The van der Waals surface area contributed by atoms with Gasteiger partial charge in [0.15, 0.2) is 11.5 Å². The van der Waals surface area contributed by atoms with E-state index in [0.29, 0.717) is 18.9 Å². The monoisotopic (exact) mass is 280 g/mol. The van der Waals surface area contributed by atoms with Crippen LogP contribution in [-0.2, 0) is 11.3 Å². The zero-order valence-corrected chi connectivity index (χ0v) is 12.3. The van der Waals surface area contributed by atoms with E-state index >= 15 is 0 Å². The van der Waals surface area contributed by atoms with E-state index in [4.69, 9.17) is 10.5 Å². The Bertz CT molecular complexity index is 435. The number of hydrogen-bond acceptors (Lipinski definition) is 4. The van der Waals surface area contributed by atoms with Crippen molar-refractivity contribution < 1.29 is 14.6 Å². The van der Waals surface area contributed by atoms with E-state index in [-0.39, 0.29) is 18.2 Å². The van der Waals surface area contributed by atoms with Gasteiger partial charge in [-0.1, -0.05) is 25.5 Å². The van der Waals surface area contributed by atoms with Gasteiger partial charge in [-0.3, -0.25) is 9.69 Å².